The maximum absolute atomic E-state index is 12.7. The molecule has 2 aliphatic rings. The van der Waals surface area contributed by atoms with E-state index >= 15 is 0 Å². The Morgan fingerprint density at radius 1 is 1.35 bits per heavy atom. The van der Waals surface area contributed by atoms with Gasteiger partial charge < -0.3 is 19.5 Å². The van der Waals surface area contributed by atoms with Gasteiger partial charge in [-0.05, 0) is 24.8 Å². The van der Waals surface area contributed by atoms with Crippen LogP contribution in [0.15, 0.2) is 27.9 Å². The Bertz CT molecular complexity index is 832. The third-order valence-electron chi connectivity index (χ3n) is 5.50. The highest BCUT2D eigenvalue weighted by molar-refractivity contribution is 5.84. The maximum atomic E-state index is 12.7. The summed E-state index contributed by atoms with van der Waals surface area (Å²) >= 11 is 0. The van der Waals surface area contributed by atoms with Gasteiger partial charge in [0.15, 0.2) is 17.6 Å². The van der Waals surface area contributed by atoms with Crippen molar-refractivity contribution in [3.8, 4) is 0 Å². The first-order valence-corrected chi connectivity index (χ1v) is 9.38. The molecule has 1 atom stereocenters. The molecule has 1 fully saturated rings. The van der Waals surface area contributed by atoms with Crippen molar-refractivity contribution < 1.29 is 9.15 Å². The summed E-state index contributed by atoms with van der Waals surface area (Å²) in [6.45, 7) is 0.918. The summed E-state index contributed by atoms with van der Waals surface area (Å²) in [5.74, 6) is 2.14. The van der Waals surface area contributed by atoms with Crippen LogP contribution >= 0.6 is 0 Å². The molecule has 1 unspecified atom stereocenters. The first-order valence-electron chi connectivity index (χ1n) is 9.38. The zero-order valence-corrected chi connectivity index (χ0v) is 15.1. The van der Waals surface area contributed by atoms with Gasteiger partial charge in [0, 0.05) is 43.0 Å². The average Bonchev–Trinajstić information content (AvgIpc) is 3.21. The van der Waals surface area contributed by atoms with Gasteiger partial charge in [-0.2, -0.15) is 0 Å². The number of nitrogens with one attached hydrogen (secondary N) is 2. The molecular weight excluding hydrogens is 330 g/mol. The number of ether oxygens (including phenoxy) is 1. The van der Waals surface area contributed by atoms with Gasteiger partial charge in [-0.25, -0.2) is 4.98 Å². The van der Waals surface area contributed by atoms with Gasteiger partial charge in [-0.15, -0.1) is 0 Å². The molecule has 0 radical (unpaired) electrons. The summed E-state index contributed by atoms with van der Waals surface area (Å²) in [5.41, 5.74) is 2.44. The van der Waals surface area contributed by atoms with Gasteiger partial charge in [0.25, 0.3) is 0 Å². The second-order valence-electron chi connectivity index (χ2n) is 7.22. The highest BCUT2D eigenvalue weighted by Crippen LogP contribution is 2.31. The minimum absolute atomic E-state index is 0.0106. The van der Waals surface area contributed by atoms with Gasteiger partial charge >= 0.3 is 0 Å². The highest BCUT2D eigenvalue weighted by atomic mass is 16.5. The molecule has 2 aromatic heterocycles. The lowest BCUT2D eigenvalue weighted by atomic mass is 9.89. The van der Waals surface area contributed by atoms with E-state index in [1.54, 1.807) is 19.4 Å². The topological polar surface area (TPSA) is 80.1 Å². The van der Waals surface area contributed by atoms with Gasteiger partial charge in [-0.1, -0.05) is 19.3 Å². The second kappa shape index (κ2) is 7.50. The number of aromatic amines is 1. The predicted molar refractivity (Wildman–Crippen MR) is 101 cm³/mol. The number of hydrogen-bond donors (Lipinski definition) is 2. The van der Waals surface area contributed by atoms with Crippen LogP contribution in [0.25, 0.3) is 11.6 Å². The Balaban J connectivity index is 1.58. The monoisotopic (exact) mass is 355 g/mol. The van der Waals surface area contributed by atoms with Crippen LogP contribution in [0.4, 0.5) is 5.82 Å². The van der Waals surface area contributed by atoms with E-state index in [2.05, 4.69) is 15.3 Å². The van der Waals surface area contributed by atoms with Crippen LogP contribution in [0.2, 0.25) is 0 Å². The summed E-state index contributed by atoms with van der Waals surface area (Å²) in [7, 11) is 1.67. The zero-order chi connectivity index (χ0) is 17.9. The Morgan fingerprint density at radius 3 is 2.92 bits per heavy atom. The largest absolute Gasteiger partial charge is 0.444 e. The average molecular weight is 355 g/mol. The Labute approximate surface area is 152 Å². The zero-order valence-electron chi connectivity index (χ0n) is 15.1. The van der Waals surface area contributed by atoms with Crippen molar-refractivity contribution in [2.75, 3.05) is 19.0 Å². The molecule has 26 heavy (non-hydrogen) atoms. The molecule has 6 heteroatoms. The first-order chi connectivity index (χ1) is 12.7. The SMILES string of the molecule is COC1Cc2[nH]c(NCC3CCCCC3)cc(=O)c2C=C1c1cnco1. The number of hydrogen-bond acceptors (Lipinski definition) is 5. The van der Waals surface area contributed by atoms with Crippen LogP contribution in [-0.4, -0.2) is 29.7 Å². The van der Waals surface area contributed by atoms with E-state index in [-0.39, 0.29) is 11.5 Å². The molecule has 2 heterocycles. The molecule has 0 bridgehead atoms. The molecule has 1 saturated carbocycles. The summed E-state index contributed by atoms with van der Waals surface area (Å²) < 4.78 is 11.0. The summed E-state index contributed by atoms with van der Waals surface area (Å²) in [6, 6.07) is 1.66. The first kappa shape index (κ1) is 17.1. The van der Waals surface area contributed by atoms with Gasteiger partial charge in [-0.3, -0.25) is 4.79 Å². The van der Waals surface area contributed by atoms with Crippen molar-refractivity contribution in [3.05, 3.63) is 45.9 Å². The number of anilines is 1. The lowest BCUT2D eigenvalue weighted by Crippen LogP contribution is -2.26. The second-order valence-corrected chi connectivity index (χ2v) is 7.22. The maximum Gasteiger partial charge on any atom is 0.191 e. The van der Waals surface area contributed by atoms with Gasteiger partial charge in [0.2, 0.25) is 0 Å². The number of methoxy groups -OCH3 is 1. The fraction of sp³-hybridized carbons (Fsp3) is 0.500. The third-order valence-corrected chi connectivity index (χ3v) is 5.50. The molecule has 0 aliphatic heterocycles. The smallest absolute Gasteiger partial charge is 0.191 e. The van der Waals surface area contributed by atoms with Crippen LogP contribution in [0.1, 0.15) is 49.1 Å². The summed E-state index contributed by atoms with van der Waals surface area (Å²) in [6.07, 6.45) is 11.9. The molecule has 4 rings (SSSR count). The summed E-state index contributed by atoms with van der Waals surface area (Å²) in [5, 5.41) is 3.43. The Kier molecular flexibility index (Phi) is 4.93. The molecular formula is C20H25N3O3. The fourth-order valence-electron chi connectivity index (χ4n) is 4.03. The van der Waals surface area contributed by atoms with Crippen LogP contribution in [0, 0.1) is 5.92 Å². The van der Waals surface area contributed by atoms with E-state index < -0.39 is 0 Å². The van der Waals surface area contributed by atoms with Gasteiger partial charge in [0.1, 0.15) is 5.82 Å². The van der Waals surface area contributed by atoms with Crippen LogP contribution < -0.4 is 10.7 Å². The summed E-state index contributed by atoms with van der Waals surface area (Å²) in [4.78, 5) is 20.0. The standard InChI is InChI=1S/C20H25N3O3/c1-25-18-8-16-14(7-15(18)19-11-21-12-26-19)17(24)9-20(23-16)22-10-13-5-3-2-4-6-13/h7,9,11-13,18H,2-6,8,10H2,1H3,(H2,22,23,24). The van der Waals surface area contributed by atoms with E-state index in [9.17, 15) is 4.79 Å². The normalized spacial score (nSPS) is 20.5. The fourth-order valence-corrected chi connectivity index (χ4v) is 4.03. The molecule has 0 saturated heterocycles. The number of H-pyrrole nitrogens is 1. The Hall–Kier alpha value is -2.34. The van der Waals surface area contributed by atoms with Crippen molar-refractivity contribution in [1.82, 2.24) is 9.97 Å². The molecule has 2 aliphatic carbocycles. The molecule has 2 N–H and O–H groups in total. The van der Waals surface area contributed by atoms with Gasteiger partial charge in [0.05, 0.1) is 12.3 Å². The number of rotatable bonds is 5. The van der Waals surface area contributed by atoms with Crippen LogP contribution in [0.3, 0.4) is 0 Å². The van der Waals surface area contributed by atoms with E-state index in [1.165, 1.54) is 38.5 Å². The van der Waals surface area contributed by atoms with E-state index in [0.717, 1.165) is 23.6 Å². The molecule has 0 spiro atoms. The van der Waals surface area contributed by atoms with E-state index in [4.69, 9.17) is 9.15 Å². The number of nitrogens with zero attached hydrogens (tertiary/aromatic N) is 1. The minimum atomic E-state index is -0.167. The molecule has 6 nitrogen and oxygen atoms in total. The van der Waals surface area contributed by atoms with E-state index in [0.29, 0.717) is 23.7 Å². The van der Waals surface area contributed by atoms with Crippen molar-refractivity contribution >= 4 is 17.5 Å². The van der Waals surface area contributed by atoms with E-state index in [1.807, 2.05) is 6.08 Å². The van der Waals surface area contributed by atoms with Crippen LogP contribution in [0.5, 0.6) is 0 Å². The lowest BCUT2D eigenvalue weighted by Gasteiger charge is -2.25. The highest BCUT2D eigenvalue weighted by Gasteiger charge is 2.26. The van der Waals surface area contributed by atoms with Crippen molar-refractivity contribution in [1.29, 1.82) is 0 Å². The van der Waals surface area contributed by atoms with Crippen molar-refractivity contribution in [2.24, 2.45) is 5.92 Å². The number of fused-ring (bicyclic) bond motifs is 1. The van der Waals surface area contributed by atoms with Crippen LogP contribution in [-0.2, 0) is 11.2 Å². The van der Waals surface area contributed by atoms with Crippen molar-refractivity contribution in [2.45, 2.75) is 44.6 Å². The predicted octanol–water partition coefficient (Wildman–Crippen LogP) is 3.47. The molecule has 138 valence electrons. The lowest BCUT2D eigenvalue weighted by molar-refractivity contribution is 0.146. The molecule has 0 amide bonds. The third kappa shape index (κ3) is 3.46. The number of pyridine rings is 1. The molecule has 2 aromatic rings. The Morgan fingerprint density at radius 2 is 2.19 bits per heavy atom. The molecule has 0 aromatic carbocycles. The minimum Gasteiger partial charge on any atom is -0.444 e. The number of aromatic nitrogens is 2. The number of oxazole rings is 1. The van der Waals surface area contributed by atoms with Crippen molar-refractivity contribution in [3.63, 3.8) is 0 Å². The quantitative estimate of drug-likeness (QED) is 0.858.